The molecule has 1 heteroatoms. The number of para-hydroxylation sites is 1. The summed E-state index contributed by atoms with van der Waals surface area (Å²) in [5.41, 5.74) is 21.6. The van der Waals surface area contributed by atoms with Crippen molar-refractivity contribution in [3.05, 3.63) is 317 Å². The first-order valence-electron chi connectivity index (χ1n) is 26.4. The van der Waals surface area contributed by atoms with Gasteiger partial charge in [-0.25, -0.2) is 0 Å². The van der Waals surface area contributed by atoms with Gasteiger partial charge in [0.25, 0.3) is 0 Å². The second-order valence-electron chi connectivity index (χ2n) is 20.5. The lowest BCUT2D eigenvalue weighted by atomic mass is 9.67. The van der Waals surface area contributed by atoms with E-state index < -0.39 is 10.8 Å². The summed E-state index contributed by atoms with van der Waals surface area (Å²) < 4.78 is 0. The summed E-state index contributed by atoms with van der Waals surface area (Å²) >= 11 is 0. The number of nitrogens with zero attached hydrogens (tertiary/aromatic N) is 1. The van der Waals surface area contributed by atoms with E-state index in [1.807, 2.05) is 0 Å². The Bertz CT molecular complexity index is 3560. The predicted octanol–water partition coefficient (Wildman–Crippen LogP) is 18.8. The lowest BCUT2D eigenvalue weighted by molar-refractivity contribution is 0.445. The van der Waals surface area contributed by atoms with Crippen LogP contribution in [0.15, 0.2) is 267 Å². The van der Waals surface area contributed by atoms with Gasteiger partial charge in [0.15, 0.2) is 0 Å². The molecular formula is C72H55N. The molecule has 0 aromatic heterocycles. The summed E-state index contributed by atoms with van der Waals surface area (Å²) in [6, 6.07) is 101. The first kappa shape index (κ1) is 43.3. The van der Waals surface area contributed by atoms with E-state index >= 15 is 0 Å². The van der Waals surface area contributed by atoms with Crippen molar-refractivity contribution < 1.29 is 0 Å². The van der Waals surface area contributed by atoms with Crippen molar-refractivity contribution in [3.8, 4) is 33.4 Å². The van der Waals surface area contributed by atoms with Gasteiger partial charge in [-0.1, -0.05) is 256 Å². The Labute approximate surface area is 429 Å². The topological polar surface area (TPSA) is 3.24 Å². The van der Waals surface area contributed by atoms with Crippen LogP contribution in [0.4, 0.5) is 17.1 Å². The monoisotopic (exact) mass is 933 g/mol. The first-order chi connectivity index (χ1) is 36.2. The van der Waals surface area contributed by atoms with E-state index in [0.717, 1.165) is 17.1 Å². The van der Waals surface area contributed by atoms with E-state index in [0.29, 0.717) is 5.92 Å². The van der Waals surface area contributed by atoms with E-state index in [2.05, 4.69) is 272 Å². The number of benzene rings is 11. The minimum atomic E-state index is -0.560. The molecule has 0 spiro atoms. The third-order valence-corrected chi connectivity index (χ3v) is 16.8. The minimum Gasteiger partial charge on any atom is -0.310 e. The van der Waals surface area contributed by atoms with Gasteiger partial charge in [-0.2, -0.15) is 0 Å². The molecule has 0 aliphatic heterocycles. The molecule has 0 N–H and O–H groups in total. The summed E-state index contributed by atoms with van der Waals surface area (Å²) in [5.74, 6) is 0.548. The lowest BCUT2D eigenvalue weighted by Crippen LogP contribution is -2.29. The Morgan fingerprint density at radius 2 is 0.699 bits per heavy atom. The van der Waals surface area contributed by atoms with Crippen molar-refractivity contribution >= 4 is 27.8 Å². The van der Waals surface area contributed by atoms with E-state index in [-0.39, 0.29) is 0 Å². The number of rotatable bonds is 9. The smallest absolute Gasteiger partial charge is 0.0714 e. The van der Waals surface area contributed by atoms with Crippen LogP contribution in [0, 0.1) is 0 Å². The number of fused-ring (bicyclic) bond motifs is 7. The van der Waals surface area contributed by atoms with Crippen molar-refractivity contribution in [1.29, 1.82) is 0 Å². The Hall–Kier alpha value is -8.52. The average Bonchev–Trinajstić information content (AvgIpc) is 3.95. The zero-order valence-corrected chi connectivity index (χ0v) is 41.0. The van der Waals surface area contributed by atoms with Gasteiger partial charge < -0.3 is 4.90 Å². The first-order valence-corrected chi connectivity index (χ1v) is 26.4. The molecular weight excluding hydrogens is 879 g/mol. The minimum absolute atomic E-state index is 0.548. The molecule has 1 fully saturated rings. The molecule has 3 aliphatic carbocycles. The van der Waals surface area contributed by atoms with E-state index in [9.17, 15) is 0 Å². The second-order valence-corrected chi connectivity index (χ2v) is 20.5. The van der Waals surface area contributed by atoms with Crippen molar-refractivity contribution in [1.82, 2.24) is 0 Å². The highest BCUT2D eigenvalue weighted by Gasteiger charge is 2.48. The maximum absolute atomic E-state index is 2.59. The summed E-state index contributed by atoms with van der Waals surface area (Å²) in [6.07, 6.45) is 6.39. The third kappa shape index (κ3) is 6.61. The van der Waals surface area contributed by atoms with Crippen LogP contribution in [0.5, 0.6) is 0 Å². The molecule has 0 radical (unpaired) electrons. The highest BCUT2D eigenvalue weighted by Crippen LogP contribution is 2.60. The van der Waals surface area contributed by atoms with Gasteiger partial charge in [0, 0.05) is 16.9 Å². The predicted molar refractivity (Wildman–Crippen MR) is 305 cm³/mol. The number of hydrogen-bond donors (Lipinski definition) is 0. The molecule has 0 unspecified atom stereocenters. The zero-order valence-electron chi connectivity index (χ0n) is 41.0. The summed E-state index contributed by atoms with van der Waals surface area (Å²) in [6.45, 7) is 0. The fraction of sp³-hybridized carbons (Fsp3) is 0.111. The van der Waals surface area contributed by atoms with Crippen LogP contribution in [-0.4, -0.2) is 0 Å². The highest BCUT2D eigenvalue weighted by atomic mass is 15.1. The molecule has 0 saturated heterocycles. The molecule has 11 aromatic carbocycles. The summed E-state index contributed by atoms with van der Waals surface area (Å²) in [5, 5.41) is 2.69. The summed E-state index contributed by atoms with van der Waals surface area (Å²) in [4.78, 5) is 2.59. The maximum atomic E-state index is 2.59. The van der Waals surface area contributed by atoms with Gasteiger partial charge in [-0.3, -0.25) is 0 Å². The number of hydrogen-bond acceptors (Lipinski definition) is 1. The molecule has 73 heavy (non-hydrogen) atoms. The third-order valence-electron chi connectivity index (χ3n) is 16.8. The Kier molecular flexibility index (Phi) is 10.5. The second kappa shape index (κ2) is 17.7. The van der Waals surface area contributed by atoms with Crippen molar-refractivity contribution in [2.45, 2.75) is 48.9 Å². The molecule has 1 nitrogen and oxygen atoms in total. The molecule has 3 aliphatic rings. The molecule has 0 bridgehead atoms. The summed E-state index contributed by atoms with van der Waals surface area (Å²) in [7, 11) is 0. The number of anilines is 3. The highest BCUT2D eigenvalue weighted by molar-refractivity contribution is 6.04. The molecule has 348 valence electrons. The molecule has 0 atom stereocenters. The largest absolute Gasteiger partial charge is 0.310 e. The van der Waals surface area contributed by atoms with Crippen molar-refractivity contribution in [2.75, 3.05) is 4.90 Å². The SMILES string of the molecule is c1ccc(C2(c3ccccc3)c3ccccc3-c3ccc(N(c4ccc5c(c4)C(c4ccccc4)(c4ccccc4)c4ccccc4-5)c4ccccc4-c4cccc5cccc(C6CCCCC6)c45)cc32)cc1. The Balaban J connectivity index is 1.07. The van der Waals surface area contributed by atoms with Gasteiger partial charge in [0.1, 0.15) is 0 Å². The van der Waals surface area contributed by atoms with Crippen LogP contribution < -0.4 is 4.90 Å². The van der Waals surface area contributed by atoms with Crippen LogP contribution >= 0.6 is 0 Å². The van der Waals surface area contributed by atoms with E-state index in [4.69, 9.17) is 0 Å². The van der Waals surface area contributed by atoms with Gasteiger partial charge in [-0.05, 0) is 138 Å². The van der Waals surface area contributed by atoms with Crippen LogP contribution in [0.3, 0.4) is 0 Å². The van der Waals surface area contributed by atoms with Gasteiger partial charge in [0.2, 0.25) is 0 Å². The fourth-order valence-corrected chi connectivity index (χ4v) is 13.8. The van der Waals surface area contributed by atoms with Gasteiger partial charge >= 0.3 is 0 Å². The molecule has 1 saturated carbocycles. The molecule has 0 amide bonds. The van der Waals surface area contributed by atoms with Crippen LogP contribution in [-0.2, 0) is 10.8 Å². The van der Waals surface area contributed by atoms with Crippen LogP contribution in [0.25, 0.3) is 44.2 Å². The van der Waals surface area contributed by atoms with Crippen molar-refractivity contribution in [2.24, 2.45) is 0 Å². The standard InChI is InChI=1S/C72H55N/c1-6-24-50(25-7-1)58-39-22-26-51-27-23-40-64(70(51)58)63-38-18-21-43-69(63)73(56-44-46-61-59-36-16-19-41-65(59)71(67(61)48-56,52-28-8-2-9-29-52)53-30-10-3-11-31-53)57-45-47-62-60-37-17-20-42-66(60)72(68(62)49-57,54-32-12-4-13-33-54)55-34-14-5-15-35-55/h2-5,8-23,26-50H,1,6-7,24-25H2. The van der Waals surface area contributed by atoms with Gasteiger partial charge in [0.05, 0.1) is 16.5 Å². The van der Waals surface area contributed by atoms with Crippen molar-refractivity contribution in [3.63, 3.8) is 0 Å². The Morgan fingerprint density at radius 1 is 0.301 bits per heavy atom. The van der Waals surface area contributed by atoms with Crippen LogP contribution in [0.2, 0.25) is 0 Å². The fourth-order valence-electron chi connectivity index (χ4n) is 13.8. The lowest BCUT2D eigenvalue weighted by Gasteiger charge is -2.36. The zero-order chi connectivity index (χ0) is 48.3. The Morgan fingerprint density at radius 3 is 1.19 bits per heavy atom. The van der Waals surface area contributed by atoms with Crippen LogP contribution in [0.1, 0.15) is 88.1 Å². The quantitative estimate of drug-likeness (QED) is 0.139. The molecule has 11 aromatic rings. The van der Waals surface area contributed by atoms with E-state index in [1.165, 1.54) is 126 Å². The maximum Gasteiger partial charge on any atom is 0.0714 e. The van der Waals surface area contributed by atoms with Gasteiger partial charge in [-0.15, -0.1) is 0 Å². The molecule has 0 heterocycles. The molecule has 14 rings (SSSR count). The van der Waals surface area contributed by atoms with E-state index in [1.54, 1.807) is 0 Å². The normalized spacial score (nSPS) is 15.0. The average molecular weight is 934 g/mol.